The predicted molar refractivity (Wildman–Crippen MR) is 142 cm³/mol. The first-order chi connectivity index (χ1) is 14.7. The van der Waals surface area contributed by atoms with E-state index in [1.807, 2.05) is 12.1 Å². The number of hydrogen-bond donors (Lipinski definition) is 1. The van der Waals surface area contributed by atoms with E-state index in [4.69, 9.17) is 40.2 Å². The van der Waals surface area contributed by atoms with Crippen molar-refractivity contribution in [2.24, 2.45) is 4.74 Å². The van der Waals surface area contributed by atoms with Gasteiger partial charge >= 0.3 is 0 Å². The van der Waals surface area contributed by atoms with Gasteiger partial charge in [0.2, 0.25) is 0 Å². The van der Waals surface area contributed by atoms with E-state index in [1.165, 1.54) is 51.4 Å². The molecule has 0 radical (unpaired) electrons. The van der Waals surface area contributed by atoms with Crippen LogP contribution < -0.4 is 5.32 Å². The molecule has 0 aliphatic carbocycles. The standard InChI is InChI=1S/C23H37Cl2N4PS/c1-23(2,3)30(28-14-8-4-5-9-15-28,29-16-10-6-7-11-17-29)27-22(31)26-19-12-13-20(24)21(25)18-19/h12-13,18H,4-11,14-17H2,1-3H3,(H,26,31). The minimum Gasteiger partial charge on any atom is -0.331 e. The Labute approximate surface area is 204 Å². The molecule has 2 saturated heterocycles. The summed E-state index contributed by atoms with van der Waals surface area (Å²) in [6, 6.07) is 5.52. The van der Waals surface area contributed by atoms with E-state index in [0.29, 0.717) is 15.2 Å². The average Bonchev–Trinajstić information content (AvgIpc) is 3.13. The Kier molecular flexibility index (Phi) is 9.29. The summed E-state index contributed by atoms with van der Waals surface area (Å²) in [6.07, 6.45) is 10.2. The molecule has 1 N–H and O–H groups in total. The molecule has 1 aromatic rings. The molecule has 31 heavy (non-hydrogen) atoms. The molecule has 0 aromatic heterocycles. The van der Waals surface area contributed by atoms with Crippen molar-refractivity contribution in [3.8, 4) is 0 Å². The van der Waals surface area contributed by atoms with Crippen LogP contribution in [-0.2, 0) is 0 Å². The first-order valence-corrected chi connectivity index (χ1v) is 14.4. The topological polar surface area (TPSA) is 30.9 Å². The Morgan fingerprint density at radius 2 is 1.35 bits per heavy atom. The van der Waals surface area contributed by atoms with Crippen LogP contribution in [0.1, 0.15) is 72.1 Å². The van der Waals surface area contributed by atoms with Crippen molar-refractivity contribution in [2.45, 2.75) is 77.3 Å². The molecule has 4 nitrogen and oxygen atoms in total. The van der Waals surface area contributed by atoms with Crippen molar-refractivity contribution in [3.63, 3.8) is 0 Å². The van der Waals surface area contributed by atoms with Crippen molar-refractivity contribution in [3.05, 3.63) is 28.2 Å². The SMILES string of the molecule is CC(C)(C)P(=NC(=S)Nc1ccc(Cl)c(Cl)c1)(N1CCCCCC1)N1CCCCCC1. The minimum absolute atomic E-state index is 0.00502. The zero-order valence-corrected chi connectivity index (χ0v) is 22.4. The van der Waals surface area contributed by atoms with Gasteiger partial charge in [-0.2, -0.15) is 0 Å². The van der Waals surface area contributed by atoms with Crippen LogP contribution in [0.25, 0.3) is 0 Å². The van der Waals surface area contributed by atoms with Crippen molar-refractivity contribution >= 4 is 53.6 Å². The molecule has 174 valence electrons. The molecule has 3 rings (SSSR count). The highest BCUT2D eigenvalue weighted by Crippen LogP contribution is 2.66. The van der Waals surface area contributed by atoms with Crippen LogP contribution in [0.2, 0.25) is 10.0 Å². The highest BCUT2D eigenvalue weighted by molar-refractivity contribution is 7.81. The Balaban J connectivity index is 2.04. The highest BCUT2D eigenvalue weighted by atomic mass is 35.5. The van der Waals surface area contributed by atoms with Crippen LogP contribution in [0, 0.1) is 0 Å². The van der Waals surface area contributed by atoms with Gasteiger partial charge in [-0.05, 0) is 56.1 Å². The third-order valence-corrected chi connectivity index (χ3v) is 12.0. The van der Waals surface area contributed by atoms with Gasteiger partial charge < -0.3 is 5.32 Å². The monoisotopic (exact) mass is 502 g/mol. The summed E-state index contributed by atoms with van der Waals surface area (Å²) in [5.41, 5.74) is 0.835. The molecule has 2 heterocycles. The summed E-state index contributed by atoms with van der Waals surface area (Å²) in [5, 5.41) is 4.96. The average molecular weight is 504 g/mol. The molecule has 0 saturated carbocycles. The molecule has 0 atom stereocenters. The van der Waals surface area contributed by atoms with E-state index in [1.54, 1.807) is 6.07 Å². The zero-order chi connectivity index (χ0) is 22.5. The van der Waals surface area contributed by atoms with E-state index >= 15 is 0 Å². The quantitative estimate of drug-likeness (QED) is 0.332. The van der Waals surface area contributed by atoms with Crippen LogP contribution in [0.3, 0.4) is 0 Å². The Morgan fingerprint density at radius 3 is 1.77 bits per heavy atom. The maximum atomic E-state index is 6.23. The summed E-state index contributed by atoms with van der Waals surface area (Å²) < 4.78 is 10.9. The van der Waals surface area contributed by atoms with Gasteiger partial charge in [0.15, 0.2) is 5.11 Å². The van der Waals surface area contributed by atoms with E-state index in [-0.39, 0.29) is 5.16 Å². The molecule has 2 aliphatic rings. The predicted octanol–water partition coefficient (Wildman–Crippen LogP) is 8.27. The van der Waals surface area contributed by atoms with Gasteiger partial charge in [0.05, 0.1) is 10.0 Å². The first kappa shape index (κ1) is 25.5. The Bertz CT molecular complexity index is 784. The lowest BCUT2D eigenvalue weighted by molar-refractivity contribution is 0.368. The van der Waals surface area contributed by atoms with Gasteiger partial charge in [-0.3, -0.25) is 9.34 Å². The number of anilines is 1. The molecule has 0 spiro atoms. The minimum atomic E-state index is -2.07. The summed E-state index contributed by atoms with van der Waals surface area (Å²) in [6.45, 7) is 11.5. The fourth-order valence-electron chi connectivity index (χ4n) is 4.82. The van der Waals surface area contributed by atoms with Gasteiger partial charge in [-0.1, -0.05) is 69.7 Å². The second-order valence-corrected chi connectivity index (χ2v) is 14.6. The number of halogens is 2. The van der Waals surface area contributed by atoms with Gasteiger partial charge in [0, 0.05) is 37.0 Å². The molecular weight excluding hydrogens is 466 g/mol. The molecule has 0 amide bonds. The van der Waals surface area contributed by atoms with E-state index in [9.17, 15) is 0 Å². The zero-order valence-electron chi connectivity index (χ0n) is 19.2. The molecule has 2 fully saturated rings. The third kappa shape index (κ3) is 6.25. The van der Waals surface area contributed by atoms with Gasteiger partial charge in [0.1, 0.15) is 7.36 Å². The van der Waals surface area contributed by atoms with Crippen LogP contribution >= 0.6 is 42.8 Å². The van der Waals surface area contributed by atoms with Crippen LogP contribution in [0.15, 0.2) is 22.9 Å². The Morgan fingerprint density at radius 1 is 0.871 bits per heavy atom. The maximum absolute atomic E-state index is 6.23. The van der Waals surface area contributed by atoms with E-state index < -0.39 is 7.36 Å². The van der Waals surface area contributed by atoms with Crippen molar-refractivity contribution in [1.82, 2.24) is 9.34 Å². The lowest BCUT2D eigenvalue weighted by Gasteiger charge is -2.50. The largest absolute Gasteiger partial charge is 0.331 e. The number of hydrogen-bond acceptors (Lipinski definition) is 1. The Hall–Kier alpha value is -0.160. The van der Waals surface area contributed by atoms with Crippen molar-refractivity contribution < 1.29 is 0 Å². The van der Waals surface area contributed by atoms with Crippen molar-refractivity contribution in [1.29, 1.82) is 0 Å². The van der Waals surface area contributed by atoms with Crippen molar-refractivity contribution in [2.75, 3.05) is 31.5 Å². The second-order valence-electron chi connectivity index (χ2n) is 9.63. The fourth-order valence-corrected chi connectivity index (χ4v) is 10.2. The lowest BCUT2D eigenvalue weighted by Crippen LogP contribution is -2.42. The number of nitrogens with one attached hydrogen (secondary N) is 1. The highest BCUT2D eigenvalue weighted by Gasteiger charge is 2.44. The van der Waals surface area contributed by atoms with Gasteiger partial charge in [0.25, 0.3) is 0 Å². The van der Waals surface area contributed by atoms with E-state index in [2.05, 4.69) is 35.4 Å². The first-order valence-electron chi connectivity index (χ1n) is 11.6. The smallest absolute Gasteiger partial charge is 0.198 e. The maximum Gasteiger partial charge on any atom is 0.198 e. The van der Waals surface area contributed by atoms with Crippen LogP contribution in [0.5, 0.6) is 0 Å². The van der Waals surface area contributed by atoms with E-state index in [0.717, 1.165) is 31.9 Å². The summed E-state index contributed by atoms with van der Waals surface area (Å²) >= 11 is 18.2. The molecule has 0 bridgehead atoms. The summed E-state index contributed by atoms with van der Waals surface area (Å²) in [7, 11) is -2.07. The molecule has 2 aliphatic heterocycles. The molecule has 8 heteroatoms. The lowest BCUT2D eigenvalue weighted by atomic mass is 10.2. The van der Waals surface area contributed by atoms with Gasteiger partial charge in [-0.25, -0.2) is 4.74 Å². The number of nitrogens with zero attached hydrogens (tertiary/aromatic N) is 3. The molecular formula is C23H37Cl2N4PS. The summed E-state index contributed by atoms with van der Waals surface area (Å²) in [4.78, 5) is 0. The molecule has 0 unspecified atom stereocenters. The number of thiocarbonyl (C=S) groups is 1. The normalized spacial score (nSPS) is 20.0. The van der Waals surface area contributed by atoms with Crippen LogP contribution in [-0.4, -0.2) is 45.8 Å². The van der Waals surface area contributed by atoms with Gasteiger partial charge in [-0.15, -0.1) is 0 Å². The van der Waals surface area contributed by atoms with Crippen LogP contribution in [0.4, 0.5) is 5.69 Å². The number of rotatable bonds is 3. The molecule has 1 aromatic carbocycles. The number of benzene rings is 1. The third-order valence-electron chi connectivity index (χ3n) is 6.25. The summed E-state index contributed by atoms with van der Waals surface area (Å²) in [5.74, 6) is 0. The second kappa shape index (κ2) is 11.3. The fraction of sp³-hybridized carbons (Fsp3) is 0.696.